The van der Waals surface area contributed by atoms with Crippen LogP contribution in [0.3, 0.4) is 0 Å². The van der Waals surface area contributed by atoms with Crippen LogP contribution in [0.2, 0.25) is 0 Å². The zero-order valence-corrected chi connectivity index (χ0v) is 13.8. The first-order chi connectivity index (χ1) is 9.97. The fraction of sp³-hybridized carbons (Fsp3) is 0.625. The molecular formula is C16H26N2O2S. The zero-order chi connectivity index (χ0) is 15.3. The van der Waals surface area contributed by atoms with Gasteiger partial charge in [-0.15, -0.1) is 0 Å². The maximum absolute atomic E-state index is 12.1. The first kappa shape index (κ1) is 16.5. The SMILES string of the molecule is C[C@@H]1C[C@H](C)CN(CCCNS(=O)(=O)c2ccccc2)C1. The van der Waals surface area contributed by atoms with Crippen molar-refractivity contribution in [2.75, 3.05) is 26.2 Å². The highest BCUT2D eigenvalue weighted by Gasteiger charge is 2.21. The van der Waals surface area contributed by atoms with Gasteiger partial charge in [-0.05, 0) is 43.4 Å². The third kappa shape index (κ3) is 5.09. The van der Waals surface area contributed by atoms with Crippen LogP contribution >= 0.6 is 0 Å². The molecule has 1 N–H and O–H groups in total. The van der Waals surface area contributed by atoms with E-state index in [-0.39, 0.29) is 0 Å². The second-order valence-corrected chi connectivity index (χ2v) is 8.04. The Bertz CT molecular complexity index is 520. The first-order valence-corrected chi connectivity index (χ1v) is 9.23. The summed E-state index contributed by atoms with van der Waals surface area (Å²) in [6.45, 7) is 8.32. The van der Waals surface area contributed by atoms with Gasteiger partial charge in [0.05, 0.1) is 4.90 Å². The van der Waals surface area contributed by atoms with Crippen molar-refractivity contribution >= 4 is 10.0 Å². The van der Waals surface area contributed by atoms with Crippen LogP contribution in [0.25, 0.3) is 0 Å². The third-order valence-electron chi connectivity index (χ3n) is 3.94. The molecule has 0 saturated carbocycles. The molecule has 0 aliphatic carbocycles. The van der Waals surface area contributed by atoms with Crippen LogP contribution in [-0.4, -0.2) is 39.5 Å². The Labute approximate surface area is 128 Å². The molecule has 0 radical (unpaired) electrons. The number of sulfonamides is 1. The van der Waals surface area contributed by atoms with Crippen molar-refractivity contribution in [2.45, 2.75) is 31.6 Å². The van der Waals surface area contributed by atoms with Crippen molar-refractivity contribution in [3.05, 3.63) is 30.3 Å². The maximum Gasteiger partial charge on any atom is 0.240 e. The fourth-order valence-corrected chi connectivity index (χ4v) is 4.26. The molecule has 21 heavy (non-hydrogen) atoms. The molecule has 2 rings (SSSR count). The number of rotatable bonds is 6. The maximum atomic E-state index is 12.1. The van der Waals surface area contributed by atoms with Gasteiger partial charge in [-0.1, -0.05) is 32.0 Å². The number of piperidine rings is 1. The number of hydrogen-bond donors (Lipinski definition) is 1. The highest BCUT2D eigenvalue weighted by Crippen LogP contribution is 2.20. The average Bonchev–Trinajstić information content (AvgIpc) is 2.44. The van der Waals surface area contributed by atoms with E-state index in [1.807, 2.05) is 6.07 Å². The molecule has 1 fully saturated rings. The van der Waals surface area contributed by atoms with Gasteiger partial charge in [-0.3, -0.25) is 0 Å². The van der Waals surface area contributed by atoms with E-state index >= 15 is 0 Å². The van der Waals surface area contributed by atoms with E-state index in [0.29, 0.717) is 11.4 Å². The molecule has 1 aliphatic rings. The second-order valence-electron chi connectivity index (χ2n) is 6.27. The summed E-state index contributed by atoms with van der Waals surface area (Å²) in [6, 6.07) is 8.54. The van der Waals surface area contributed by atoms with Crippen LogP contribution in [0.15, 0.2) is 35.2 Å². The molecule has 1 saturated heterocycles. The quantitative estimate of drug-likeness (QED) is 0.821. The highest BCUT2D eigenvalue weighted by molar-refractivity contribution is 7.89. The molecule has 1 aromatic rings. The van der Waals surface area contributed by atoms with Gasteiger partial charge < -0.3 is 4.90 Å². The molecule has 1 aliphatic heterocycles. The van der Waals surface area contributed by atoms with Crippen molar-refractivity contribution in [2.24, 2.45) is 11.8 Å². The second kappa shape index (κ2) is 7.38. The zero-order valence-electron chi connectivity index (χ0n) is 13.0. The lowest BCUT2D eigenvalue weighted by atomic mass is 9.92. The summed E-state index contributed by atoms with van der Waals surface area (Å²) in [7, 11) is -3.35. The van der Waals surface area contributed by atoms with E-state index in [9.17, 15) is 8.42 Å². The number of hydrogen-bond acceptors (Lipinski definition) is 3. The average molecular weight is 310 g/mol. The van der Waals surface area contributed by atoms with Gasteiger partial charge >= 0.3 is 0 Å². The molecular weight excluding hydrogens is 284 g/mol. The van der Waals surface area contributed by atoms with Gasteiger partial charge in [-0.25, -0.2) is 13.1 Å². The van der Waals surface area contributed by atoms with Crippen LogP contribution in [-0.2, 0) is 10.0 Å². The summed E-state index contributed by atoms with van der Waals surface area (Å²) >= 11 is 0. The molecule has 0 spiro atoms. The summed E-state index contributed by atoms with van der Waals surface area (Å²) in [6.07, 6.45) is 2.16. The number of nitrogens with one attached hydrogen (secondary N) is 1. The molecule has 118 valence electrons. The molecule has 0 bridgehead atoms. The van der Waals surface area contributed by atoms with Crippen LogP contribution in [0, 0.1) is 11.8 Å². The Hall–Kier alpha value is -0.910. The standard InChI is InChI=1S/C16H26N2O2S/c1-14-11-15(2)13-18(12-14)10-6-9-17-21(19,20)16-7-4-3-5-8-16/h3-5,7-8,14-15,17H,6,9-13H2,1-2H3/t14-,15+. The van der Waals surface area contributed by atoms with E-state index in [1.165, 1.54) is 6.42 Å². The van der Waals surface area contributed by atoms with Gasteiger partial charge in [0, 0.05) is 19.6 Å². The Balaban J connectivity index is 1.75. The minimum Gasteiger partial charge on any atom is -0.303 e. The summed E-state index contributed by atoms with van der Waals surface area (Å²) in [5, 5.41) is 0. The molecule has 4 nitrogen and oxygen atoms in total. The van der Waals surface area contributed by atoms with E-state index in [1.54, 1.807) is 24.3 Å². The van der Waals surface area contributed by atoms with Crippen molar-refractivity contribution in [1.29, 1.82) is 0 Å². The number of likely N-dealkylation sites (tertiary alicyclic amines) is 1. The summed E-state index contributed by atoms with van der Waals surface area (Å²) in [5.41, 5.74) is 0. The number of nitrogens with zero attached hydrogens (tertiary/aromatic N) is 1. The molecule has 5 heteroatoms. The van der Waals surface area contributed by atoms with Crippen molar-refractivity contribution in [1.82, 2.24) is 9.62 Å². The Morgan fingerprint density at radius 2 is 1.76 bits per heavy atom. The summed E-state index contributed by atoms with van der Waals surface area (Å²) in [5.74, 6) is 1.49. The normalized spacial score (nSPS) is 24.1. The van der Waals surface area contributed by atoms with Gasteiger partial charge in [0.25, 0.3) is 0 Å². The predicted molar refractivity (Wildman–Crippen MR) is 85.6 cm³/mol. The van der Waals surface area contributed by atoms with E-state index in [4.69, 9.17) is 0 Å². The van der Waals surface area contributed by atoms with Crippen molar-refractivity contribution < 1.29 is 8.42 Å². The topological polar surface area (TPSA) is 49.4 Å². The van der Waals surface area contributed by atoms with Gasteiger partial charge in [-0.2, -0.15) is 0 Å². The van der Waals surface area contributed by atoms with Gasteiger partial charge in [0.15, 0.2) is 0 Å². The Morgan fingerprint density at radius 3 is 2.38 bits per heavy atom. The smallest absolute Gasteiger partial charge is 0.240 e. The lowest BCUT2D eigenvalue weighted by Gasteiger charge is -2.34. The molecule has 0 unspecified atom stereocenters. The minimum atomic E-state index is -3.35. The summed E-state index contributed by atoms with van der Waals surface area (Å²) in [4.78, 5) is 2.79. The molecule has 0 aromatic heterocycles. The van der Waals surface area contributed by atoms with E-state index < -0.39 is 10.0 Å². The fourth-order valence-electron chi connectivity index (χ4n) is 3.17. The largest absolute Gasteiger partial charge is 0.303 e. The molecule has 1 heterocycles. The first-order valence-electron chi connectivity index (χ1n) is 7.74. The number of benzene rings is 1. The molecule has 2 atom stereocenters. The van der Waals surface area contributed by atoms with Crippen molar-refractivity contribution in [3.63, 3.8) is 0 Å². The lowest BCUT2D eigenvalue weighted by Crippen LogP contribution is -2.40. The molecule has 0 amide bonds. The summed E-state index contributed by atoms with van der Waals surface area (Å²) < 4.78 is 26.8. The minimum absolute atomic E-state index is 0.338. The lowest BCUT2D eigenvalue weighted by molar-refractivity contribution is 0.140. The van der Waals surface area contributed by atoms with E-state index in [2.05, 4.69) is 23.5 Å². The Kier molecular flexibility index (Phi) is 5.79. The highest BCUT2D eigenvalue weighted by atomic mass is 32.2. The molecule has 1 aromatic carbocycles. The van der Waals surface area contributed by atoms with E-state index in [0.717, 1.165) is 37.9 Å². The monoisotopic (exact) mass is 310 g/mol. The van der Waals surface area contributed by atoms with Crippen LogP contribution < -0.4 is 4.72 Å². The third-order valence-corrected chi connectivity index (χ3v) is 5.42. The van der Waals surface area contributed by atoms with Gasteiger partial charge in [0.2, 0.25) is 10.0 Å². The van der Waals surface area contributed by atoms with Crippen LogP contribution in [0.5, 0.6) is 0 Å². The van der Waals surface area contributed by atoms with Crippen LogP contribution in [0.4, 0.5) is 0 Å². The Morgan fingerprint density at radius 1 is 1.14 bits per heavy atom. The van der Waals surface area contributed by atoms with Crippen LogP contribution in [0.1, 0.15) is 26.7 Å². The van der Waals surface area contributed by atoms with Gasteiger partial charge in [0.1, 0.15) is 0 Å². The predicted octanol–water partition coefficient (Wildman–Crippen LogP) is 2.33. The van der Waals surface area contributed by atoms with Crippen molar-refractivity contribution in [3.8, 4) is 0 Å².